The number of halogens is 1. The molecule has 0 bridgehead atoms. The van der Waals surface area contributed by atoms with E-state index >= 15 is 0 Å². The van der Waals surface area contributed by atoms with Crippen LogP contribution in [0.3, 0.4) is 0 Å². The molecule has 0 aliphatic carbocycles. The van der Waals surface area contributed by atoms with Gasteiger partial charge in [0.15, 0.2) is 0 Å². The molecule has 0 saturated carbocycles. The van der Waals surface area contributed by atoms with Crippen LogP contribution in [0.5, 0.6) is 0 Å². The van der Waals surface area contributed by atoms with Crippen molar-refractivity contribution in [2.24, 2.45) is 7.05 Å². The second kappa shape index (κ2) is 7.34. The Morgan fingerprint density at radius 1 is 1.28 bits per heavy atom. The highest BCUT2D eigenvalue weighted by atomic mass is 79.9. The minimum Gasteiger partial charge on any atom is -1.00 e. The Morgan fingerprint density at radius 2 is 2.00 bits per heavy atom. The summed E-state index contributed by atoms with van der Waals surface area (Å²) in [6.07, 6.45) is 6.36. The molecule has 1 aromatic carbocycles. The van der Waals surface area contributed by atoms with Crippen molar-refractivity contribution in [1.82, 2.24) is 4.57 Å². The third-order valence-electron chi connectivity index (χ3n) is 2.67. The molecule has 1 aromatic heterocycles. The lowest BCUT2D eigenvalue weighted by Gasteiger charge is -2.10. The average molecular weight is 311 g/mol. The van der Waals surface area contributed by atoms with Crippen molar-refractivity contribution in [2.45, 2.75) is 26.2 Å². The quantitative estimate of drug-likeness (QED) is 0.643. The number of rotatable bonds is 5. The summed E-state index contributed by atoms with van der Waals surface area (Å²) in [6, 6.07) is 10.3. The highest BCUT2D eigenvalue weighted by Crippen LogP contribution is 2.04. The van der Waals surface area contributed by atoms with E-state index in [2.05, 4.69) is 36.1 Å². The van der Waals surface area contributed by atoms with E-state index in [0.29, 0.717) is 6.61 Å². The number of benzene rings is 1. The van der Waals surface area contributed by atoms with Gasteiger partial charge in [0, 0.05) is 0 Å². The fourth-order valence-corrected chi connectivity index (χ4v) is 1.77. The van der Waals surface area contributed by atoms with Crippen molar-refractivity contribution in [2.75, 3.05) is 0 Å². The van der Waals surface area contributed by atoms with Gasteiger partial charge in [-0.25, -0.2) is 9.13 Å². The fourth-order valence-electron chi connectivity index (χ4n) is 1.77. The van der Waals surface area contributed by atoms with E-state index in [0.717, 1.165) is 6.54 Å². The molecule has 0 aliphatic heterocycles. The molecular weight excluding hydrogens is 292 g/mol. The molecule has 2 rings (SSSR count). The zero-order valence-corrected chi connectivity index (χ0v) is 12.4. The smallest absolute Gasteiger partial charge is 0.243 e. The Hall–Kier alpha value is -1.13. The molecule has 1 heterocycles. The standard InChI is InChI=1S/C14H19N2O.BrH/c1-13(10-16-9-8-15(2)12-16)17-11-14-6-4-3-5-7-14;/h3-9,12-13H,10-11H2,1-2H3;1H/q+1;/p-1/t13-;/m0./s1. The number of nitrogens with zero attached hydrogens (tertiary/aromatic N) is 2. The maximum atomic E-state index is 5.81. The van der Waals surface area contributed by atoms with E-state index < -0.39 is 0 Å². The molecule has 0 spiro atoms. The Bertz CT molecular complexity index is 456. The molecule has 0 amide bonds. The van der Waals surface area contributed by atoms with Crippen molar-refractivity contribution >= 4 is 0 Å². The number of hydrogen-bond donors (Lipinski definition) is 0. The van der Waals surface area contributed by atoms with Gasteiger partial charge in [0.25, 0.3) is 0 Å². The molecule has 98 valence electrons. The van der Waals surface area contributed by atoms with Gasteiger partial charge in [-0.1, -0.05) is 30.3 Å². The maximum Gasteiger partial charge on any atom is 0.243 e. The van der Waals surface area contributed by atoms with Gasteiger partial charge in [0.1, 0.15) is 18.9 Å². The molecule has 0 radical (unpaired) electrons. The van der Waals surface area contributed by atoms with Gasteiger partial charge < -0.3 is 21.7 Å². The first-order valence-corrected chi connectivity index (χ1v) is 5.90. The zero-order valence-electron chi connectivity index (χ0n) is 10.8. The second-order valence-electron chi connectivity index (χ2n) is 4.38. The topological polar surface area (TPSA) is 18.0 Å². The van der Waals surface area contributed by atoms with E-state index in [4.69, 9.17) is 4.74 Å². The van der Waals surface area contributed by atoms with Gasteiger partial charge in [-0.15, -0.1) is 0 Å². The third kappa shape index (κ3) is 4.63. The lowest BCUT2D eigenvalue weighted by atomic mass is 10.2. The molecule has 3 nitrogen and oxygen atoms in total. The monoisotopic (exact) mass is 310 g/mol. The molecule has 4 heteroatoms. The van der Waals surface area contributed by atoms with Crippen LogP contribution in [0.1, 0.15) is 12.5 Å². The van der Waals surface area contributed by atoms with Gasteiger partial charge in [-0.05, 0) is 12.5 Å². The van der Waals surface area contributed by atoms with Gasteiger partial charge in [0.05, 0.1) is 19.8 Å². The third-order valence-corrected chi connectivity index (χ3v) is 2.67. The summed E-state index contributed by atoms with van der Waals surface area (Å²) in [4.78, 5) is 0. The molecule has 0 N–H and O–H groups in total. The van der Waals surface area contributed by atoms with Gasteiger partial charge in [0.2, 0.25) is 6.33 Å². The predicted molar refractivity (Wildman–Crippen MR) is 66.3 cm³/mol. The second-order valence-corrected chi connectivity index (χ2v) is 4.38. The van der Waals surface area contributed by atoms with Crippen LogP contribution < -0.4 is 21.5 Å². The highest BCUT2D eigenvalue weighted by Gasteiger charge is 2.08. The number of ether oxygens (including phenoxy) is 1. The maximum absolute atomic E-state index is 5.81. The van der Waals surface area contributed by atoms with E-state index in [1.807, 2.05) is 36.0 Å². The minimum atomic E-state index is 0. The van der Waals surface area contributed by atoms with Gasteiger partial charge in [-0.2, -0.15) is 0 Å². The molecule has 0 unspecified atom stereocenters. The van der Waals surface area contributed by atoms with E-state index in [1.165, 1.54) is 5.56 Å². The van der Waals surface area contributed by atoms with Crippen molar-refractivity contribution in [3.05, 3.63) is 54.6 Å². The number of imidazole rings is 1. The lowest BCUT2D eigenvalue weighted by Crippen LogP contribution is -3.00. The summed E-state index contributed by atoms with van der Waals surface area (Å²) in [6.45, 7) is 3.66. The summed E-state index contributed by atoms with van der Waals surface area (Å²) >= 11 is 0. The molecule has 18 heavy (non-hydrogen) atoms. The van der Waals surface area contributed by atoms with Crippen molar-refractivity contribution in [3.8, 4) is 0 Å². The van der Waals surface area contributed by atoms with Crippen LogP contribution in [0.25, 0.3) is 0 Å². The van der Waals surface area contributed by atoms with Crippen molar-refractivity contribution in [3.63, 3.8) is 0 Å². The summed E-state index contributed by atoms with van der Waals surface area (Å²) in [5, 5.41) is 0. The minimum absolute atomic E-state index is 0. The van der Waals surface area contributed by atoms with E-state index in [1.54, 1.807) is 0 Å². The van der Waals surface area contributed by atoms with Gasteiger partial charge >= 0.3 is 0 Å². The lowest BCUT2D eigenvalue weighted by molar-refractivity contribution is -0.671. The number of hydrogen-bond acceptors (Lipinski definition) is 1. The fraction of sp³-hybridized carbons (Fsp3) is 0.357. The summed E-state index contributed by atoms with van der Waals surface area (Å²) in [5.41, 5.74) is 1.22. The largest absolute Gasteiger partial charge is 1.00 e. The summed E-state index contributed by atoms with van der Waals surface area (Å²) in [7, 11) is 2.02. The Balaban J connectivity index is 0.00000162. The van der Waals surface area contributed by atoms with Crippen LogP contribution >= 0.6 is 0 Å². The average Bonchev–Trinajstić information content (AvgIpc) is 2.73. The van der Waals surface area contributed by atoms with Crippen LogP contribution in [-0.2, 0) is 24.9 Å². The number of aromatic nitrogens is 2. The Morgan fingerprint density at radius 3 is 2.61 bits per heavy atom. The normalized spacial score (nSPS) is 11.9. The van der Waals surface area contributed by atoms with Crippen LogP contribution in [0, 0.1) is 0 Å². The van der Waals surface area contributed by atoms with E-state index in [-0.39, 0.29) is 23.1 Å². The molecular formula is C14H19BrN2O. The molecule has 1 atom stereocenters. The first kappa shape index (κ1) is 14.9. The molecule has 0 fully saturated rings. The molecule has 2 aromatic rings. The van der Waals surface area contributed by atoms with Crippen LogP contribution in [-0.4, -0.2) is 10.7 Å². The van der Waals surface area contributed by atoms with Crippen LogP contribution in [0.2, 0.25) is 0 Å². The zero-order chi connectivity index (χ0) is 12.1. The predicted octanol–water partition coefficient (Wildman–Crippen LogP) is -1.08. The van der Waals surface area contributed by atoms with Gasteiger partial charge in [-0.3, -0.25) is 0 Å². The first-order valence-electron chi connectivity index (χ1n) is 5.90. The highest BCUT2D eigenvalue weighted by molar-refractivity contribution is 5.13. The van der Waals surface area contributed by atoms with Crippen molar-refractivity contribution < 1.29 is 26.3 Å². The molecule has 0 aliphatic rings. The molecule has 0 saturated heterocycles. The van der Waals surface area contributed by atoms with E-state index in [9.17, 15) is 0 Å². The number of aryl methyl sites for hydroxylation is 1. The Kier molecular flexibility index (Phi) is 6.09. The first-order chi connectivity index (χ1) is 8.24. The Labute approximate surface area is 119 Å². The summed E-state index contributed by atoms with van der Waals surface area (Å²) < 4.78 is 9.98. The summed E-state index contributed by atoms with van der Waals surface area (Å²) in [5.74, 6) is 0. The SMILES string of the molecule is C[C@@H](Cn1cc[n+](C)c1)OCc1ccccc1.[Br-]. The van der Waals surface area contributed by atoms with Crippen LogP contribution in [0.15, 0.2) is 49.1 Å². The van der Waals surface area contributed by atoms with Crippen LogP contribution in [0.4, 0.5) is 0 Å². The van der Waals surface area contributed by atoms with Crippen molar-refractivity contribution in [1.29, 1.82) is 0 Å².